The molecule has 0 aliphatic carbocycles. The number of fused-ring (bicyclic) bond motifs is 36. The van der Waals surface area contributed by atoms with Gasteiger partial charge >= 0.3 is 0 Å². The van der Waals surface area contributed by atoms with Gasteiger partial charge in [0.2, 0.25) is 0 Å². The van der Waals surface area contributed by atoms with E-state index in [1.165, 1.54) is 48.5 Å². The Morgan fingerprint density at radius 1 is 0.148 bits per heavy atom. The first-order valence-corrected chi connectivity index (χ1v) is 35.5. The number of nitrogens with zero attached hydrogens (tertiary/aromatic N) is 9. The topological polar surface area (TPSA) is 116 Å². The van der Waals surface area contributed by atoms with Crippen molar-refractivity contribution in [3.05, 3.63) is 384 Å². The summed E-state index contributed by atoms with van der Waals surface area (Å²) >= 11 is 0. The zero-order valence-electron chi connectivity index (χ0n) is 75.9. The van der Waals surface area contributed by atoms with Gasteiger partial charge in [-0.15, -0.1) is 0 Å². The molecule has 15 aromatic carbocycles. The lowest BCUT2D eigenvalue weighted by Crippen LogP contribution is -1.85. The summed E-state index contributed by atoms with van der Waals surface area (Å²) < 4.78 is 107. The summed E-state index contributed by atoms with van der Waals surface area (Å²) in [5, 5.41) is 36.4. The molecule has 24 aromatic rings. The number of hydrogen-bond donors (Lipinski definition) is 0. The Hall–Kier alpha value is -14.7. The zero-order valence-corrected chi connectivity index (χ0v) is 57.9. The molecule has 0 radical (unpaired) electrons. The smallest absolute Gasteiger partial charge is 0.0802 e. The maximum absolute atomic E-state index is 7.84. The highest BCUT2D eigenvalue weighted by molar-refractivity contribution is 6.29. The summed E-state index contributed by atoms with van der Waals surface area (Å²) in [5.74, 6) is 0. The lowest BCUT2D eigenvalue weighted by molar-refractivity contribution is 1.35. The third-order valence-corrected chi connectivity index (χ3v) is 20.4. The number of benzene rings is 15. The summed E-state index contributed by atoms with van der Waals surface area (Å²) in [5.41, 5.74) is 3.93. The lowest BCUT2D eigenvalue weighted by Gasteiger charge is -2.09. The van der Waals surface area contributed by atoms with E-state index >= 15 is 0 Å². The molecule has 0 amide bonds. The van der Waals surface area contributed by atoms with Crippen LogP contribution in [0.4, 0.5) is 0 Å². The van der Waals surface area contributed by atoms with Crippen LogP contribution >= 0.6 is 0 Å². The first kappa shape index (κ1) is 52.3. The van der Waals surface area contributed by atoms with E-state index in [9.17, 15) is 0 Å². The second-order valence-corrected chi connectivity index (χ2v) is 26.2. The maximum atomic E-state index is 7.84. The molecular formula is C99H75N9. The summed E-state index contributed by atoms with van der Waals surface area (Å²) in [6.45, 7) is 0. The van der Waals surface area contributed by atoms with E-state index in [-0.39, 0.29) is 0 Å². The van der Waals surface area contributed by atoms with Crippen LogP contribution in [0.15, 0.2) is 384 Å². The lowest BCUT2D eigenvalue weighted by atomic mass is 9.96. The monoisotopic (exact) mass is 1410 g/mol. The van der Waals surface area contributed by atoms with Gasteiger partial charge < -0.3 is 0 Å². The molecule has 108 heavy (non-hydrogen) atoms. The molecule has 0 saturated carbocycles. The number of aromatic nitrogens is 9. The predicted molar refractivity (Wildman–Crippen MR) is 467 cm³/mol. The highest BCUT2D eigenvalue weighted by Crippen LogP contribution is 2.40. The van der Waals surface area contributed by atoms with E-state index in [4.69, 9.17) is 26.0 Å². The van der Waals surface area contributed by atoms with Gasteiger partial charge in [0, 0.05) is 169 Å². The van der Waals surface area contributed by atoms with Crippen LogP contribution in [0.25, 0.3) is 194 Å². The normalized spacial score (nSPS) is 12.6. The summed E-state index contributed by atoms with van der Waals surface area (Å²) in [6.07, 6.45) is 25.6. The SMILES string of the molecule is [2H][2H].[2H][2H].[2H][2H].[2H][2H].[2H][2H].[2H][2H].[2H]c1ccc2c(c1)c1cccnc1c1cnccc21.[2H]c1ccc2c(c1)c1cnccc1c1ncccc21.[2H]c1ccc2c3ccccc3c3cccnc3c2c1.[2H]c1ccc2c3ccccc3c3ccncc3c2c1.[2H]c1ccc2c3ccccc3c3ncccc3c2c1.[2H]c1ccc2c3ccncc3c3cnccc3c2c1. The third-order valence-electron chi connectivity index (χ3n) is 20.4. The maximum Gasteiger partial charge on any atom is 0.0802 e. The van der Waals surface area contributed by atoms with Gasteiger partial charge in [-0.25, -0.2) is 0 Å². The van der Waals surface area contributed by atoms with Gasteiger partial charge in [0.15, 0.2) is 0 Å². The largest absolute Gasteiger partial charge is 0.264 e. The van der Waals surface area contributed by atoms with Crippen LogP contribution < -0.4 is 0 Å². The van der Waals surface area contributed by atoms with E-state index < -0.39 is 0 Å². The van der Waals surface area contributed by atoms with Gasteiger partial charge in [-0.3, -0.25) is 44.9 Å². The van der Waals surface area contributed by atoms with Crippen molar-refractivity contribution in [1.82, 2.24) is 44.9 Å². The minimum Gasteiger partial charge on any atom is -0.264 e. The Bertz CT molecular complexity index is 6620. The fraction of sp³-hybridized carbons (Fsp3) is 0. The second-order valence-electron chi connectivity index (χ2n) is 26.2. The Morgan fingerprint density at radius 2 is 0.306 bits per heavy atom. The van der Waals surface area contributed by atoms with Gasteiger partial charge in [-0.1, -0.05) is 243 Å². The second kappa shape index (κ2) is 28.2. The Labute approximate surface area is 646 Å². The fourth-order valence-corrected chi connectivity index (χ4v) is 15.6. The van der Waals surface area contributed by atoms with Crippen molar-refractivity contribution in [2.45, 2.75) is 0 Å². The number of rotatable bonds is 0. The van der Waals surface area contributed by atoms with Crippen molar-refractivity contribution >= 4 is 194 Å². The van der Waals surface area contributed by atoms with Crippen molar-refractivity contribution in [1.29, 1.82) is 0 Å². The summed E-state index contributed by atoms with van der Waals surface area (Å²) in [4.78, 5) is 39.1. The number of pyridine rings is 9. The van der Waals surface area contributed by atoms with E-state index in [2.05, 4.69) is 130 Å². The van der Waals surface area contributed by atoms with Crippen molar-refractivity contribution < 1.29 is 26.0 Å². The van der Waals surface area contributed by atoms with Crippen LogP contribution in [0.2, 0.25) is 0 Å². The van der Waals surface area contributed by atoms with E-state index in [1.54, 1.807) is 31.0 Å². The molecule has 0 atom stereocenters. The van der Waals surface area contributed by atoms with Crippen molar-refractivity contribution in [2.75, 3.05) is 0 Å². The molecular weight excluding hydrogens is 1320 g/mol. The van der Waals surface area contributed by atoms with Gasteiger partial charge in [0.25, 0.3) is 0 Å². The van der Waals surface area contributed by atoms with E-state index in [0.717, 1.165) is 146 Å². The van der Waals surface area contributed by atoms with Crippen molar-refractivity contribution in [2.24, 2.45) is 0 Å². The average Bonchev–Trinajstić information content (AvgIpc) is 0.780. The molecule has 0 aliphatic rings. The molecule has 0 spiro atoms. The van der Waals surface area contributed by atoms with E-state index in [1.807, 2.05) is 232 Å². The molecule has 0 aliphatic heterocycles. The Morgan fingerprint density at radius 3 is 0.620 bits per heavy atom. The minimum absolute atomic E-state index is 0.515. The van der Waals surface area contributed by atoms with Crippen LogP contribution in [0.3, 0.4) is 0 Å². The molecule has 0 bridgehead atoms. The molecule has 9 heteroatoms. The highest BCUT2D eigenvalue weighted by Gasteiger charge is 2.14. The molecule has 9 aromatic heterocycles. The number of hydrogen-bond acceptors (Lipinski definition) is 9. The third kappa shape index (κ3) is 11.4. The van der Waals surface area contributed by atoms with Gasteiger partial charge in [-0.05, 0) is 162 Å². The molecule has 0 N–H and O–H groups in total. The summed E-state index contributed by atoms with van der Waals surface area (Å²) in [6, 6.07) is 89.0. The van der Waals surface area contributed by atoms with E-state index in [0.29, 0.717) is 36.3 Å². The molecule has 516 valence electrons. The Balaban J connectivity index is 0.000000126. The summed E-state index contributed by atoms with van der Waals surface area (Å²) in [7, 11) is 0. The minimum atomic E-state index is 0.515. The Kier molecular flexibility index (Phi) is 13.6. The van der Waals surface area contributed by atoms with Crippen LogP contribution in [0.5, 0.6) is 0 Å². The molecule has 0 fully saturated rings. The fourth-order valence-electron chi connectivity index (χ4n) is 15.6. The van der Waals surface area contributed by atoms with Crippen molar-refractivity contribution in [3.8, 4) is 0 Å². The average molecular weight is 1410 g/mol. The van der Waals surface area contributed by atoms with Crippen LogP contribution in [-0.4, -0.2) is 44.9 Å². The van der Waals surface area contributed by atoms with Gasteiger partial charge in [0.05, 0.1) is 30.3 Å². The molecule has 9 nitrogen and oxygen atoms in total. The first-order valence-electron chi connectivity index (χ1n) is 44.5. The standard InChI is InChI=1S/3C17H11N.3C16H10N2.6H2/c2*1-2-7-14-12(6-1)13-8-3-4-9-15(13)17-16(14)10-5-11-18-17;1-2-7-14-12(5-1)13-6-3-4-8-15(13)17-11-18-10-9-16(14)17;1-2-5-12-11(4-1)13-7-9-17-10-15(13)16-14(12)6-3-8-18-16;1-2-5-12-11(4-1)13-6-3-8-18-16(13)14-7-9-17-10-15(12)14;1-2-4-12-11(3-1)13-5-7-17-9-15(13)16-10-18-8-6-14(12)16;;;;;;/h3*1-11H;3*1-10H;6*1H/i4D;2D;4D;2*2D;1D;6*1+1D. The van der Waals surface area contributed by atoms with Gasteiger partial charge in [-0.2, -0.15) is 0 Å². The zero-order chi connectivity index (χ0) is 88.9. The van der Waals surface area contributed by atoms with Crippen LogP contribution in [0.1, 0.15) is 26.0 Å². The highest BCUT2D eigenvalue weighted by atomic mass is 14.7. The quantitative estimate of drug-likeness (QED) is 0.137. The van der Waals surface area contributed by atoms with Crippen LogP contribution in [-0.2, 0) is 0 Å². The predicted octanol–water partition coefficient (Wildman–Crippen LogP) is 26.9. The van der Waals surface area contributed by atoms with Crippen LogP contribution in [0, 0.1) is 0 Å². The molecule has 9 heterocycles. The van der Waals surface area contributed by atoms with Crippen molar-refractivity contribution in [3.63, 3.8) is 0 Å². The molecule has 0 saturated heterocycles. The molecule has 0 unspecified atom stereocenters. The van der Waals surface area contributed by atoms with Gasteiger partial charge in [0.1, 0.15) is 0 Å². The molecule has 24 rings (SSSR count). The first-order chi connectivity index (χ1) is 62.1.